The van der Waals surface area contributed by atoms with Gasteiger partial charge in [0.05, 0.1) is 7.39 Å². The number of hydrogen-bond donors (Lipinski definition) is 2. The molecule has 4 heteroatoms. The van der Waals surface area contributed by atoms with E-state index in [0.717, 1.165) is 0 Å². The van der Waals surface area contributed by atoms with Crippen LogP contribution in [0.1, 0.15) is 16.9 Å². The lowest BCUT2D eigenvalue weighted by Crippen LogP contribution is -2.48. The van der Waals surface area contributed by atoms with Crippen LogP contribution >= 0.6 is 0 Å². The van der Waals surface area contributed by atoms with E-state index in [1.165, 1.54) is 0 Å². The van der Waals surface area contributed by atoms with E-state index in [0.29, 0.717) is 0 Å². The summed E-state index contributed by atoms with van der Waals surface area (Å²) in [6.45, 7) is 0. The lowest BCUT2D eigenvalue weighted by atomic mass is 10.1. The number of rotatable bonds is 0. The van der Waals surface area contributed by atoms with E-state index >= 15 is 0 Å². The van der Waals surface area contributed by atoms with Crippen LogP contribution in [0.3, 0.4) is 0 Å². The zero-order valence-corrected chi connectivity index (χ0v) is 4.60. The Morgan fingerprint density at radius 2 is 2.56 bits per heavy atom. The smallest absolute Gasteiger partial charge is 0.243 e. The van der Waals surface area contributed by atoms with Crippen LogP contribution in [0.15, 0.2) is 0 Å². The van der Waals surface area contributed by atoms with Gasteiger partial charge in [-0.1, -0.05) is 0 Å². The van der Waals surface area contributed by atoms with E-state index in [1.54, 1.807) is 5.32 Å². The van der Waals surface area contributed by atoms with Crippen LogP contribution in [0.4, 0.5) is 0 Å². The number of piperidine rings is 1. The first kappa shape index (κ1) is 3.31. The Hall–Kier alpha value is -0.900. The number of hydrogen-bond acceptors (Lipinski definition) is 3. The molecule has 0 aliphatic carbocycles. The molecule has 1 fully saturated rings. The molecule has 0 radical (unpaired) electrons. The van der Waals surface area contributed by atoms with Crippen molar-refractivity contribution < 1.29 is 13.7 Å². The molecule has 0 aromatic heterocycles. The minimum Gasteiger partial charge on any atom is -0.320 e. The fourth-order valence-corrected chi connectivity index (χ4v) is 0.483. The van der Waals surface area contributed by atoms with Gasteiger partial charge in [-0.3, -0.25) is 14.9 Å². The molecule has 0 bridgehead atoms. The SMILES string of the molecule is [2H]C1([2H])CC([2H])(N)C(=O)NC1=O. The Kier molecular flexibility index (Phi) is 0.790. The van der Waals surface area contributed by atoms with Crippen LogP contribution in [0.5, 0.6) is 0 Å². The maximum atomic E-state index is 10.8. The van der Waals surface area contributed by atoms with Gasteiger partial charge in [-0.25, -0.2) is 0 Å². The van der Waals surface area contributed by atoms with Crippen LogP contribution in [0.2, 0.25) is 0 Å². The first-order chi connectivity index (χ1) is 5.26. The van der Waals surface area contributed by atoms with Crippen LogP contribution in [0.25, 0.3) is 0 Å². The highest BCUT2D eigenvalue weighted by Gasteiger charge is 2.22. The lowest BCUT2D eigenvalue weighted by Gasteiger charge is -2.15. The molecule has 1 atom stereocenters. The molecule has 0 saturated carbocycles. The standard InChI is InChI=1S/C5H8N2O2/c6-3-1-2-4(8)7-5(3)9/h3H,1-2,6H2,(H,7,8,9)/i2D2,3D. The number of amides is 2. The summed E-state index contributed by atoms with van der Waals surface area (Å²) in [5.41, 5.74) is 5.12. The highest BCUT2D eigenvalue weighted by atomic mass is 16.2. The van der Waals surface area contributed by atoms with Gasteiger partial charge in [0.25, 0.3) is 0 Å². The number of nitrogens with two attached hydrogens (primary N) is 1. The van der Waals surface area contributed by atoms with E-state index in [2.05, 4.69) is 0 Å². The van der Waals surface area contributed by atoms with Gasteiger partial charge in [0.15, 0.2) is 0 Å². The predicted octanol–water partition coefficient (Wildman–Crippen LogP) is -1.25. The van der Waals surface area contributed by atoms with Gasteiger partial charge in [-0.15, -0.1) is 0 Å². The van der Waals surface area contributed by atoms with Crippen LogP contribution in [-0.2, 0) is 9.59 Å². The maximum Gasteiger partial charge on any atom is 0.243 e. The quantitative estimate of drug-likeness (QED) is 0.403. The molecular weight excluding hydrogens is 120 g/mol. The highest BCUT2D eigenvalue weighted by Crippen LogP contribution is 2.00. The van der Waals surface area contributed by atoms with Crippen LogP contribution < -0.4 is 11.1 Å². The maximum absolute atomic E-state index is 10.8. The number of imide groups is 1. The van der Waals surface area contributed by atoms with E-state index in [9.17, 15) is 9.59 Å². The first-order valence-corrected chi connectivity index (χ1v) is 2.40. The van der Waals surface area contributed by atoms with E-state index in [-0.39, 0.29) is 0 Å². The third kappa shape index (κ3) is 1.26. The minimum atomic E-state index is -2.23. The van der Waals surface area contributed by atoms with E-state index in [1.807, 2.05) is 0 Å². The number of nitrogens with one attached hydrogen (secondary N) is 1. The molecule has 0 aromatic rings. The number of carbonyl (C=O) groups is 2. The Morgan fingerprint density at radius 1 is 1.89 bits per heavy atom. The summed E-state index contributed by atoms with van der Waals surface area (Å²) in [7, 11) is 0. The summed E-state index contributed by atoms with van der Waals surface area (Å²) < 4.78 is 21.3. The largest absolute Gasteiger partial charge is 0.320 e. The third-order valence-electron chi connectivity index (χ3n) is 0.958. The molecule has 1 heterocycles. The Morgan fingerprint density at radius 3 is 3.11 bits per heavy atom. The van der Waals surface area contributed by atoms with E-state index in [4.69, 9.17) is 9.85 Å². The minimum absolute atomic E-state index is 0.606. The normalized spacial score (nSPS) is 46.6. The third-order valence-corrected chi connectivity index (χ3v) is 0.958. The summed E-state index contributed by atoms with van der Waals surface area (Å²) in [6.07, 6.45) is -2.84. The summed E-state index contributed by atoms with van der Waals surface area (Å²) >= 11 is 0. The molecular formula is C5H8N2O2. The molecule has 9 heavy (non-hydrogen) atoms. The number of carbonyl (C=O) groups excluding carboxylic acids is 2. The summed E-state index contributed by atoms with van der Waals surface area (Å²) in [6, 6.07) is -2.04. The van der Waals surface area contributed by atoms with Gasteiger partial charge >= 0.3 is 0 Å². The van der Waals surface area contributed by atoms with Crippen molar-refractivity contribution in [1.29, 1.82) is 0 Å². The summed E-state index contributed by atoms with van der Waals surface area (Å²) in [4.78, 5) is 21.6. The predicted molar refractivity (Wildman–Crippen MR) is 30.4 cm³/mol. The van der Waals surface area contributed by atoms with Gasteiger partial charge in [0, 0.05) is 9.11 Å². The van der Waals surface area contributed by atoms with Crippen molar-refractivity contribution in [3.8, 4) is 0 Å². The topological polar surface area (TPSA) is 72.2 Å². The second-order valence-electron chi connectivity index (χ2n) is 1.66. The fraction of sp³-hybridized carbons (Fsp3) is 0.600. The van der Waals surface area contributed by atoms with Crippen molar-refractivity contribution >= 4 is 11.8 Å². The molecule has 50 valence electrons. The second kappa shape index (κ2) is 2.14. The molecule has 1 rings (SSSR count). The zero-order valence-electron chi connectivity index (χ0n) is 7.60. The van der Waals surface area contributed by atoms with Crippen LogP contribution in [0, 0.1) is 0 Å². The van der Waals surface area contributed by atoms with Crippen molar-refractivity contribution in [3.05, 3.63) is 0 Å². The molecule has 3 N–H and O–H groups in total. The van der Waals surface area contributed by atoms with Gasteiger partial charge in [0.2, 0.25) is 11.8 Å². The molecule has 1 saturated heterocycles. The zero-order chi connectivity index (χ0) is 9.57. The van der Waals surface area contributed by atoms with Gasteiger partial charge < -0.3 is 5.73 Å². The van der Waals surface area contributed by atoms with Gasteiger partial charge in [0.1, 0.15) is 0 Å². The summed E-state index contributed by atoms with van der Waals surface area (Å²) in [5.74, 6) is -1.98. The molecule has 1 unspecified atom stereocenters. The highest BCUT2D eigenvalue weighted by molar-refractivity contribution is 6.00. The summed E-state index contributed by atoms with van der Waals surface area (Å²) in [5, 5.41) is 1.69. The second-order valence-corrected chi connectivity index (χ2v) is 1.66. The Balaban J connectivity index is 2.93. The Labute approximate surface area is 56.6 Å². The first-order valence-electron chi connectivity index (χ1n) is 3.90. The van der Waals surface area contributed by atoms with Gasteiger partial charge in [-0.2, -0.15) is 0 Å². The van der Waals surface area contributed by atoms with Crippen molar-refractivity contribution in [1.82, 2.24) is 5.32 Å². The molecule has 4 nitrogen and oxygen atoms in total. The van der Waals surface area contributed by atoms with E-state index < -0.39 is 30.6 Å². The lowest BCUT2D eigenvalue weighted by molar-refractivity contribution is -0.134. The average molecular weight is 131 g/mol. The molecule has 0 aromatic carbocycles. The fourth-order valence-electron chi connectivity index (χ4n) is 0.483. The van der Waals surface area contributed by atoms with Crippen molar-refractivity contribution in [3.63, 3.8) is 0 Å². The van der Waals surface area contributed by atoms with Gasteiger partial charge in [-0.05, 0) is 6.42 Å². The van der Waals surface area contributed by atoms with Crippen LogP contribution in [-0.4, -0.2) is 17.8 Å². The monoisotopic (exact) mass is 131 g/mol. The van der Waals surface area contributed by atoms with Crippen molar-refractivity contribution in [2.45, 2.75) is 18.8 Å². The molecule has 0 spiro atoms. The van der Waals surface area contributed by atoms with Crippen molar-refractivity contribution in [2.24, 2.45) is 5.73 Å². The molecule has 2 amide bonds. The average Bonchev–Trinajstić information content (AvgIpc) is 1.82. The molecule has 1 aliphatic rings. The Bertz CT molecular complexity index is 227. The molecule has 1 aliphatic heterocycles. The van der Waals surface area contributed by atoms with Crippen molar-refractivity contribution in [2.75, 3.05) is 0 Å².